The van der Waals surface area contributed by atoms with Crippen molar-refractivity contribution in [3.05, 3.63) is 88.9 Å². The summed E-state index contributed by atoms with van der Waals surface area (Å²) in [6.07, 6.45) is 0. The zero-order chi connectivity index (χ0) is 19.9. The molecule has 0 bridgehead atoms. The summed E-state index contributed by atoms with van der Waals surface area (Å²) in [5.41, 5.74) is 6.48. The summed E-state index contributed by atoms with van der Waals surface area (Å²) in [4.78, 5) is 23.5. The topological polar surface area (TPSA) is 93.5 Å². The molecule has 3 rings (SSSR count). The minimum atomic E-state index is -0.897. The molecule has 0 aliphatic heterocycles. The van der Waals surface area contributed by atoms with Crippen molar-refractivity contribution in [2.75, 3.05) is 5.32 Å². The number of halogens is 1. The Morgan fingerprint density at radius 2 is 1.43 bits per heavy atom. The van der Waals surface area contributed by atoms with E-state index in [0.717, 1.165) is 4.47 Å². The lowest BCUT2D eigenvalue weighted by molar-refractivity contribution is -0.120. The molecule has 0 fully saturated rings. The second-order valence-electron chi connectivity index (χ2n) is 5.92. The average Bonchev–Trinajstić information content (AvgIpc) is 2.69. The number of ether oxygens (including phenoxy) is 1. The second kappa shape index (κ2) is 9.05. The molecule has 142 valence electrons. The van der Waals surface area contributed by atoms with Crippen LogP contribution < -0.4 is 21.1 Å². The van der Waals surface area contributed by atoms with E-state index in [9.17, 15) is 9.59 Å². The van der Waals surface area contributed by atoms with Crippen LogP contribution in [0.25, 0.3) is 0 Å². The molecule has 0 saturated carbocycles. The summed E-state index contributed by atoms with van der Waals surface area (Å²) in [5, 5.41) is 5.24. The van der Waals surface area contributed by atoms with Gasteiger partial charge in [0.2, 0.25) is 0 Å². The highest BCUT2D eigenvalue weighted by Gasteiger charge is 2.21. The Kier molecular flexibility index (Phi) is 6.29. The molecule has 0 saturated heterocycles. The summed E-state index contributed by atoms with van der Waals surface area (Å²) >= 11 is 3.38. The van der Waals surface area contributed by atoms with E-state index in [-0.39, 0.29) is 0 Å². The van der Waals surface area contributed by atoms with Gasteiger partial charge in [-0.05, 0) is 54.1 Å². The number of amides is 3. The lowest BCUT2D eigenvalue weighted by Crippen LogP contribution is -2.40. The molecule has 0 aliphatic carbocycles. The number of carbonyl (C=O) groups excluding carboxylic acids is 2. The molecule has 1 atom stereocenters. The number of urea groups is 1. The van der Waals surface area contributed by atoms with E-state index in [1.807, 2.05) is 42.5 Å². The predicted molar refractivity (Wildman–Crippen MR) is 111 cm³/mol. The third kappa shape index (κ3) is 5.34. The highest BCUT2D eigenvalue weighted by Crippen LogP contribution is 2.26. The van der Waals surface area contributed by atoms with Crippen molar-refractivity contribution in [1.29, 1.82) is 0 Å². The Balaban J connectivity index is 1.74. The van der Waals surface area contributed by atoms with E-state index in [2.05, 4.69) is 26.6 Å². The quantitative estimate of drug-likeness (QED) is 0.523. The van der Waals surface area contributed by atoms with Crippen molar-refractivity contribution in [3.8, 4) is 11.5 Å². The highest BCUT2D eigenvalue weighted by atomic mass is 79.9. The molecule has 1 unspecified atom stereocenters. The number of rotatable bonds is 6. The summed E-state index contributed by atoms with van der Waals surface area (Å²) in [6.45, 7) is 0. The van der Waals surface area contributed by atoms with Gasteiger partial charge in [-0.25, -0.2) is 4.79 Å². The van der Waals surface area contributed by atoms with Gasteiger partial charge in [0.1, 0.15) is 17.5 Å². The van der Waals surface area contributed by atoms with E-state index < -0.39 is 18.0 Å². The standard InChI is InChI=1S/C21H18BrN3O3/c22-15-6-10-17(11-7-15)28-18-12-8-16(9-13-18)24-19(20(26)25-21(23)27)14-4-2-1-3-5-14/h1-13,19,24H,(H3,23,25,26,27). The highest BCUT2D eigenvalue weighted by molar-refractivity contribution is 9.10. The van der Waals surface area contributed by atoms with Gasteiger partial charge < -0.3 is 15.8 Å². The molecule has 6 nitrogen and oxygen atoms in total. The Morgan fingerprint density at radius 1 is 0.857 bits per heavy atom. The number of nitrogens with two attached hydrogens (primary N) is 1. The van der Waals surface area contributed by atoms with Gasteiger partial charge in [0.05, 0.1) is 0 Å². The lowest BCUT2D eigenvalue weighted by atomic mass is 10.1. The van der Waals surface area contributed by atoms with Crippen molar-refractivity contribution in [1.82, 2.24) is 5.32 Å². The predicted octanol–water partition coefficient (Wildman–Crippen LogP) is 4.59. The molecule has 3 amide bonds. The van der Waals surface area contributed by atoms with Crippen molar-refractivity contribution in [3.63, 3.8) is 0 Å². The maximum absolute atomic E-state index is 12.4. The molecule has 0 heterocycles. The summed E-state index contributed by atoms with van der Waals surface area (Å²) < 4.78 is 6.76. The van der Waals surface area contributed by atoms with Crippen molar-refractivity contribution in [2.24, 2.45) is 5.73 Å². The van der Waals surface area contributed by atoms with E-state index in [4.69, 9.17) is 10.5 Å². The van der Waals surface area contributed by atoms with E-state index in [1.165, 1.54) is 0 Å². The van der Waals surface area contributed by atoms with Crippen molar-refractivity contribution in [2.45, 2.75) is 6.04 Å². The van der Waals surface area contributed by atoms with Crippen LogP contribution in [0.3, 0.4) is 0 Å². The average molecular weight is 440 g/mol. The minimum Gasteiger partial charge on any atom is -0.457 e. The van der Waals surface area contributed by atoms with Gasteiger partial charge in [-0.3, -0.25) is 10.1 Å². The molecule has 3 aromatic rings. The molecular weight excluding hydrogens is 422 g/mol. The van der Waals surface area contributed by atoms with Gasteiger partial charge in [-0.1, -0.05) is 46.3 Å². The Hall–Kier alpha value is -3.32. The SMILES string of the molecule is NC(=O)NC(=O)C(Nc1ccc(Oc2ccc(Br)cc2)cc1)c1ccccc1. The van der Waals surface area contributed by atoms with E-state index in [0.29, 0.717) is 22.7 Å². The van der Waals surface area contributed by atoms with Crippen LogP contribution in [0.1, 0.15) is 11.6 Å². The fraction of sp³-hybridized carbons (Fsp3) is 0.0476. The molecule has 4 N–H and O–H groups in total. The van der Waals surface area contributed by atoms with Gasteiger partial charge in [0, 0.05) is 10.2 Å². The monoisotopic (exact) mass is 439 g/mol. The number of nitrogens with one attached hydrogen (secondary N) is 2. The first-order chi connectivity index (χ1) is 13.5. The van der Waals surface area contributed by atoms with Gasteiger partial charge in [0.15, 0.2) is 0 Å². The van der Waals surface area contributed by atoms with Crippen LogP contribution in [-0.2, 0) is 4.79 Å². The third-order valence-corrected chi connectivity index (χ3v) is 4.38. The Labute approximate surface area is 170 Å². The number of imide groups is 1. The molecule has 28 heavy (non-hydrogen) atoms. The lowest BCUT2D eigenvalue weighted by Gasteiger charge is -2.19. The zero-order valence-corrected chi connectivity index (χ0v) is 16.3. The van der Waals surface area contributed by atoms with Crippen LogP contribution in [0.5, 0.6) is 11.5 Å². The molecule has 7 heteroatoms. The number of benzene rings is 3. The second-order valence-corrected chi connectivity index (χ2v) is 6.84. The maximum Gasteiger partial charge on any atom is 0.318 e. The summed E-state index contributed by atoms with van der Waals surface area (Å²) in [7, 11) is 0. The van der Waals surface area contributed by atoms with Gasteiger partial charge in [0.25, 0.3) is 5.91 Å². The van der Waals surface area contributed by atoms with Crippen molar-refractivity contribution < 1.29 is 14.3 Å². The molecule has 0 radical (unpaired) electrons. The summed E-state index contributed by atoms with van der Waals surface area (Å²) in [6, 6.07) is 22.1. The summed E-state index contributed by atoms with van der Waals surface area (Å²) in [5.74, 6) is 0.839. The molecular formula is C21H18BrN3O3. The minimum absolute atomic E-state index is 0.533. The molecule has 0 aromatic heterocycles. The normalized spacial score (nSPS) is 11.3. The van der Waals surface area contributed by atoms with Crippen molar-refractivity contribution >= 4 is 33.6 Å². The van der Waals surface area contributed by atoms with Gasteiger partial charge in [-0.2, -0.15) is 0 Å². The zero-order valence-electron chi connectivity index (χ0n) is 14.8. The first kappa shape index (κ1) is 19.4. The van der Waals surface area contributed by atoms with Crippen LogP contribution in [0.2, 0.25) is 0 Å². The first-order valence-corrected chi connectivity index (χ1v) is 9.26. The van der Waals surface area contributed by atoms with E-state index >= 15 is 0 Å². The van der Waals surface area contributed by atoms with Crippen LogP contribution in [-0.4, -0.2) is 11.9 Å². The smallest absolute Gasteiger partial charge is 0.318 e. The fourth-order valence-electron chi connectivity index (χ4n) is 2.56. The van der Waals surface area contributed by atoms with Crippen LogP contribution >= 0.6 is 15.9 Å². The number of hydrogen-bond acceptors (Lipinski definition) is 4. The molecule has 0 aliphatic rings. The number of carbonyl (C=O) groups is 2. The number of primary amides is 1. The Bertz CT molecular complexity index is 945. The molecule has 3 aromatic carbocycles. The first-order valence-electron chi connectivity index (χ1n) is 8.46. The fourth-order valence-corrected chi connectivity index (χ4v) is 2.83. The van der Waals surface area contributed by atoms with Gasteiger partial charge in [-0.15, -0.1) is 0 Å². The number of hydrogen-bond donors (Lipinski definition) is 3. The number of anilines is 1. The van der Waals surface area contributed by atoms with Gasteiger partial charge >= 0.3 is 6.03 Å². The van der Waals surface area contributed by atoms with Crippen LogP contribution in [0.4, 0.5) is 10.5 Å². The maximum atomic E-state index is 12.4. The van der Waals surface area contributed by atoms with Crippen LogP contribution in [0, 0.1) is 0 Å². The largest absolute Gasteiger partial charge is 0.457 e. The molecule has 0 spiro atoms. The van der Waals surface area contributed by atoms with Crippen LogP contribution in [0.15, 0.2) is 83.3 Å². The Morgan fingerprint density at radius 3 is 2.00 bits per heavy atom. The third-order valence-electron chi connectivity index (χ3n) is 3.86. The van der Waals surface area contributed by atoms with E-state index in [1.54, 1.807) is 36.4 Å².